The molecule has 0 bridgehead atoms. The largest absolute Gasteiger partial charge is 0.388 e. The van der Waals surface area contributed by atoms with Gasteiger partial charge in [-0.1, -0.05) is 23.7 Å². The average Bonchev–Trinajstić information content (AvgIpc) is 2.37. The minimum Gasteiger partial charge on any atom is -0.388 e. The quantitative estimate of drug-likeness (QED) is 0.733. The van der Waals surface area contributed by atoms with Gasteiger partial charge >= 0.3 is 0 Å². The summed E-state index contributed by atoms with van der Waals surface area (Å²) in [5.41, 5.74) is 1.58. The molecule has 1 nitrogen and oxygen atoms in total. The van der Waals surface area contributed by atoms with Crippen molar-refractivity contribution in [2.75, 3.05) is 0 Å². The minimum atomic E-state index is -0.661. The van der Waals surface area contributed by atoms with Gasteiger partial charge in [-0.2, -0.15) is 0 Å². The van der Waals surface area contributed by atoms with Gasteiger partial charge in [0.2, 0.25) is 0 Å². The number of benzene rings is 2. The molecule has 1 N–H and O–H groups in total. The van der Waals surface area contributed by atoms with Crippen LogP contribution >= 0.6 is 43.5 Å². The molecule has 0 saturated heterocycles. The molecule has 0 spiro atoms. The molecule has 1 atom stereocenters. The van der Waals surface area contributed by atoms with E-state index in [0.717, 1.165) is 20.1 Å². The van der Waals surface area contributed by atoms with Crippen molar-refractivity contribution in [2.45, 2.75) is 12.5 Å². The van der Waals surface area contributed by atoms with Crippen molar-refractivity contribution in [3.63, 3.8) is 0 Å². The molecular weight excluding hydrogens is 398 g/mol. The minimum absolute atomic E-state index is 0.0710. The molecule has 0 aromatic heterocycles. The highest BCUT2D eigenvalue weighted by Crippen LogP contribution is 2.28. The van der Waals surface area contributed by atoms with E-state index >= 15 is 0 Å². The second-order valence-electron chi connectivity index (χ2n) is 4.14. The van der Waals surface area contributed by atoms with E-state index in [0.29, 0.717) is 6.42 Å². The van der Waals surface area contributed by atoms with Gasteiger partial charge in [0.05, 0.1) is 11.1 Å². The van der Waals surface area contributed by atoms with Crippen LogP contribution in [-0.2, 0) is 6.42 Å². The molecule has 0 aliphatic carbocycles. The van der Waals surface area contributed by atoms with Crippen molar-refractivity contribution in [3.8, 4) is 0 Å². The molecule has 2 aromatic rings. The Kier molecular flexibility index (Phi) is 5.01. The zero-order valence-electron chi connectivity index (χ0n) is 9.71. The Morgan fingerprint density at radius 2 is 1.84 bits per heavy atom. The molecule has 0 saturated carbocycles. The summed E-state index contributed by atoms with van der Waals surface area (Å²) >= 11 is 12.5. The summed E-state index contributed by atoms with van der Waals surface area (Å²) < 4.78 is 14.9. The molecule has 19 heavy (non-hydrogen) atoms. The van der Waals surface area contributed by atoms with Crippen LogP contribution in [0.3, 0.4) is 0 Å². The molecule has 0 radical (unpaired) electrons. The Morgan fingerprint density at radius 1 is 1.11 bits per heavy atom. The fourth-order valence-corrected chi connectivity index (χ4v) is 2.57. The third kappa shape index (κ3) is 3.78. The van der Waals surface area contributed by atoms with Crippen molar-refractivity contribution >= 4 is 43.5 Å². The predicted octanol–water partition coefficient (Wildman–Crippen LogP) is 5.28. The highest BCUT2D eigenvalue weighted by molar-refractivity contribution is 9.13. The summed E-state index contributed by atoms with van der Waals surface area (Å²) in [6.07, 6.45) is -0.278. The first-order valence-electron chi connectivity index (χ1n) is 5.54. The van der Waals surface area contributed by atoms with E-state index < -0.39 is 11.9 Å². The average molecular weight is 408 g/mol. The maximum absolute atomic E-state index is 13.1. The zero-order valence-corrected chi connectivity index (χ0v) is 13.6. The van der Waals surface area contributed by atoms with Crippen LogP contribution in [0.1, 0.15) is 17.2 Å². The summed E-state index contributed by atoms with van der Waals surface area (Å²) in [5, 5.41) is 10.2. The number of hydrogen-bond acceptors (Lipinski definition) is 1. The van der Waals surface area contributed by atoms with Crippen LogP contribution in [0.5, 0.6) is 0 Å². The topological polar surface area (TPSA) is 20.2 Å². The van der Waals surface area contributed by atoms with Gasteiger partial charge in [0, 0.05) is 15.4 Å². The first kappa shape index (κ1) is 15.0. The van der Waals surface area contributed by atoms with E-state index in [4.69, 9.17) is 11.6 Å². The fourth-order valence-electron chi connectivity index (χ4n) is 1.73. The number of halogens is 4. The molecule has 0 heterocycles. The predicted molar refractivity (Wildman–Crippen MR) is 81.9 cm³/mol. The van der Waals surface area contributed by atoms with E-state index in [1.807, 2.05) is 18.2 Å². The van der Waals surface area contributed by atoms with Crippen molar-refractivity contribution in [2.24, 2.45) is 0 Å². The first-order chi connectivity index (χ1) is 8.97. The van der Waals surface area contributed by atoms with Gasteiger partial charge in [0.15, 0.2) is 0 Å². The number of aliphatic hydroxyl groups excluding tert-OH is 1. The van der Waals surface area contributed by atoms with E-state index in [1.54, 1.807) is 6.07 Å². The number of rotatable bonds is 3. The normalized spacial score (nSPS) is 12.5. The Morgan fingerprint density at radius 3 is 2.47 bits per heavy atom. The smallest absolute Gasteiger partial charge is 0.141 e. The van der Waals surface area contributed by atoms with Crippen LogP contribution in [0.15, 0.2) is 45.3 Å². The maximum Gasteiger partial charge on any atom is 0.141 e. The lowest BCUT2D eigenvalue weighted by molar-refractivity contribution is 0.178. The zero-order chi connectivity index (χ0) is 14.0. The van der Waals surface area contributed by atoms with E-state index in [1.165, 1.54) is 12.1 Å². The van der Waals surface area contributed by atoms with E-state index in [2.05, 4.69) is 31.9 Å². The molecule has 2 rings (SSSR count). The fraction of sp³-hybridized carbons (Fsp3) is 0.143. The van der Waals surface area contributed by atoms with Gasteiger partial charge in [0.25, 0.3) is 0 Å². The number of aliphatic hydroxyl groups is 1. The maximum atomic E-state index is 13.1. The van der Waals surface area contributed by atoms with Gasteiger partial charge in [-0.25, -0.2) is 4.39 Å². The van der Waals surface area contributed by atoms with Crippen LogP contribution in [0.25, 0.3) is 0 Å². The Balaban J connectivity index is 2.17. The lowest BCUT2D eigenvalue weighted by Crippen LogP contribution is -2.02. The van der Waals surface area contributed by atoms with Crippen LogP contribution in [-0.4, -0.2) is 5.11 Å². The number of hydrogen-bond donors (Lipinski definition) is 1. The van der Waals surface area contributed by atoms with Crippen molar-refractivity contribution in [1.29, 1.82) is 0 Å². The van der Waals surface area contributed by atoms with Gasteiger partial charge in [0.1, 0.15) is 5.82 Å². The summed E-state index contributed by atoms with van der Waals surface area (Å²) in [4.78, 5) is 0. The van der Waals surface area contributed by atoms with Gasteiger partial charge in [-0.15, -0.1) is 0 Å². The third-order valence-electron chi connectivity index (χ3n) is 2.74. The van der Waals surface area contributed by atoms with Crippen LogP contribution < -0.4 is 0 Å². The van der Waals surface area contributed by atoms with Crippen molar-refractivity contribution in [3.05, 3.63) is 67.3 Å². The molecule has 0 fully saturated rings. The van der Waals surface area contributed by atoms with Gasteiger partial charge in [-0.05, 0) is 67.3 Å². The highest BCUT2D eigenvalue weighted by atomic mass is 79.9. The van der Waals surface area contributed by atoms with Crippen molar-refractivity contribution < 1.29 is 9.50 Å². The Labute approximate surface area is 132 Å². The SMILES string of the molecule is OC(Cc1ccc(F)c(Cl)c1)c1ccc(Br)c(Br)c1. The van der Waals surface area contributed by atoms with Gasteiger partial charge < -0.3 is 5.11 Å². The Bertz CT molecular complexity index is 604. The molecule has 1 unspecified atom stereocenters. The lowest BCUT2D eigenvalue weighted by atomic mass is 10.0. The second-order valence-corrected chi connectivity index (χ2v) is 6.26. The third-order valence-corrected chi connectivity index (χ3v) is 4.91. The summed E-state index contributed by atoms with van der Waals surface area (Å²) in [6, 6.07) is 10.0. The standard InChI is InChI=1S/C14H10Br2ClFO/c15-10-3-2-9(7-11(10)16)14(19)6-8-1-4-13(18)12(17)5-8/h1-5,7,14,19H,6H2. The molecule has 0 amide bonds. The molecule has 0 aliphatic heterocycles. The summed E-state index contributed by atoms with van der Waals surface area (Å²) in [7, 11) is 0. The van der Waals surface area contributed by atoms with Crippen LogP contribution in [0.2, 0.25) is 5.02 Å². The van der Waals surface area contributed by atoms with Crippen molar-refractivity contribution in [1.82, 2.24) is 0 Å². The van der Waals surface area contributed by atoms with Crippen LogP contribution in [0.4, 0.5) is 4.39 Å². The summed E-state index contributed by atoms with van der Waals surface area (Å²) in [6.45, 7) is 0. The highest BCUT2D eigenvalue weighted by Gasteiger charge is 2.11. The van der Waals surface area contributed by atoms with E-state index in [9.17, 15) is 9.50 Å². The molecule has 5 heteroatoms. The molecule has 2 aromatic carbocycles. The van der Waals surface area contributed by atoms with Crippen LogP contribution in [0, 0.1) is 5.82 Å². The van der Waals surface area contributed by atoms with Gasteiger partial charge in [-0.3, -0.25) is 0 Å². The monoisotopic (exact) mass is 406 g/mol. The molecule has 0 aliphatic rings. The summed E-state index contributed by atoms with van der Waals surface area (Å²) in [5.74, 6) is -0.453. The Hall–Kier alpha value is -0.420. The lowest BCUT2D eigenvalue weighted by Gasteiger charge is -2.12. The van der Waals surface area contributed by atoms with E-state index in [-0.39, 0.29) is 5.02 Å². The molecule has 100 valence electrons. The molecular formula is C14H10Br2ClFO. The second kappa shape index (κ2) is 6.35. The first-order valence-corrected chi connectivity index (χ1v) is 7.50.